The molecule has 0 radical (unpaired) electrons. The Hall–Kier alpha value is -0.120. The third-order valence-electron chi connectivity index (χ3n) is 4.72. The fourth-order valence-electron chi connectivity index (χ4n) is 3.42. The minimum atomic E-state index is 0.639. The summed E-state index contributed by atoms with van der Waals surface area (Å²) in [7, 11) is 4.59. The predicted octanol–water partition coefficient (Wildman–Crippen LogP) is 2.43. The van der Waals surface area contributed by atoms with Gasteiger partial charge >= 0.3 is 0 Å². The Morgan fingerprint density at radius 3 is 2.37 bits per heavy atom. The molecule has 3 nitrogen and oxygen atoms in total. The molecule has 2 atom stereocenters. The highest BCUT2D eigenvalue weighted by molar-refractivity contribution is 4.91. The van der Waals surface area contributed by atoms with Crippen molar-refractivity contribution in [2.75, 3.05) is 40.3 Å². The molecule has 0 aromatic rings. The van der Waals surface area contributed by atoms with E-state index in [9.17, 15) is 0 Å². The number of rotatable bonds is 7. The van der Waals surface area contributed by atoms with Gasteiger partial charge in [-0.15, -0.1) is 0 Å². The van der Waals surface area contributed by atoms with Gasteiger partial charge in [0.25, 0.3) is 0 Å². The molecule has 1 aliphatic rings. The normalized spacial score (nSPS) is 24.6. The second kappa shape index (κ2) is 8.93. The Bertz CT molecular complexity index is 228. The van der Waals surface area contributed by atoms with Crippen LogP contribution in [0.3, 0.4) is 0 Å². The summed E-state index contributed by atoms with van der Waals surface area (Å²) in [6.45, 7) is 11.8. The summed E-state index contributed by atoms with van der Waals surface area (Å²) in [5, 5.41) is 3.85. The Labute approximate surface area is 120 Å². The van der Waals surface area contributed by atoms with E-state index in [2.05, 4.69) is 50.0 Å². The van der Waals surface area contributed by atoms with Crippen molar-refractivity contribution in [2.24, 2.45) is 5.92 Å². The summed E-state index contributed by atoms with van der Waals surface area (Å²) in [5.74, 6) is 0.797. The molecule has 0 bridgehead atoms. The number of hydrogen-bond acceptors (Lipinski definition) is 3. The first-order valence-electron chi connectivity index (χ1n) is 8.26. The quantitative estimate of drug-likeness (QED) is 0.766. The molecular formula is C16H35N3. The van der Waals surface area contributed by atoms with Gasteiger partial charge in [-0.2, -0.15) is 0 Å². The average molecular weight is 269 g/mol. The van der Waals surface area contributed by atoms with Gasteiger partial charge in [0.2, 0.25) is 0 Å². The zero-order chi connectivity index (χ0) is 14.3. The first-order valence-corrected chi connectivity index (χ1v) is 8.26. The van der Waals surface area contributed by atoms with Gasteiger partial charge in [0, 0.05) is 18.6 Å². The molecule has 0 saturated carbocycles. The summed E-state index contributed by atoms with van der Waals surface area (Å²) < 4.78 is 0. The molecule has 0 amide bonds. The zero-order valence-corrected chi connectivity index (χ0v) is 13.8. The molecule has 0 spiro atoms. The maximum Gasteiger partial charge on any atom is 0.0376 e. The maximum atomic E-state index is 3.85. The fraction of sp³-hybridized carbons (Fsp3) is 1.00. The van der Waals surface area contributed by atoms with Crippen molar-refractivity contribution in [1.29, 1.82) is 0 Å². The second-order valence-electron chi connectivity index (χ2n) is 6.22. The monoisotopic (exact) mass is 269 g/mol. The van der Waals surface area contributed by atoms with Crippen LogP contribution >= 0.6 is 0 Å². The van der Waals surface area contributed by atoms with E-state index in [-0.39, 0.29) is 0 Å². The molecule has 1 fully saturated rings. The summed E-state index contributed by atoms with van der Waals surface area (Å²) in [6.07, 6.45) is 5.09. The van der Waals surface area contributed by atoms with E-state index >= 15 is 0 Å². The fourth-order valence-corrected chi connectivity index (χ4v) is 3.42. The third-order valence-corrected chi connectivity index (χ3v) is 4.72. The van der Waals surface area contributed by atoms with Gasteiger partial charge in [0.1, 0.15) is 0 Å². The van der Waals surface area contributed by atoms with Crippen molar-refractivity contribution in [3.05, 3.63) is 0 Å². The second-order valence-corrected chi connectivity index (χ2v) is 6.22. The van der Waals surface area contributed by atoms with Crippen LogP contribution in [0.5, 0.6) is 0 Å². The van der Waals surface area contributed by atoms with Gasteiger partial charge in [0.05, 0.1) is 0 Å². The summed E-state index contributed by atoms with van der Waals surface area (Å²) in [6, 6.07) is 1.30. The van der Waals surface area contributed by atoms with E-state index in [1.165, 1.54) is 45.3 Å². The van der Waals surface area contributed by atoms with Crippen molar-refractivity contribution < 1.29 is 0 Å². The van der Waals surface area contributed by atoms with Gasteiger partial charge in [-0.1, -0.05) is 33.6 Å². The van der Waals surface area contributed by atoms with Crippen LogP contribution in [0.25, 0.3) is 0 Å². The van der Waals surface area contributed by atoms with Gasteiger partial charge in [-0.25, -0.2) is 0 Å². The molecule has 3 heteroatoms. The van der Waals surface area contributed by atoms with Crippen LogP contribution in [0, 0.1) is 5.92 Å². The van der Waals surface area contributed by atoms with E-state index < -0.39 is 0 Å². The Morgan fingerprint density at radius 2 is 1.79 bits per heavy atom. The van der Waals surface area contributed by atoms with Crippen LogP contribution in [0.1, 0.15) is 46.5 Å². The number of nitrogens with zero attached hydrogens (tertiary/aromatic N) is 2. The molecule has 0 aromatic heterocycles. The average Bonchev–Trinajstić information content (AvgIpc) is 2.56. The van der Waals surface area contributed by atoms with Gasteiger partial charge < -0.3 is 15.1 Å². The lowest BCUT2D eigenvalue weighted by molar-refractivity contribution is 0.139. The topological polar surface area (TPSA) is 18.5 Å². The van der Waals surface area contributed by atoms with E-state index in [0.717, 1.165) is 12.5 Å². The predicted molar refractivity (Wildman–Crippen MR) is 84.7 cm³/mol. The van der Waals surface area contributed by atoms with Crippen molar-refractivity contribution >= 4 is 0 Å². The van der Waals surface area contributed by atoms with Crippen LogP contribution < -0.4 is 5.32 Å². The Kier molecular flexibility index (Phi) is 7.96. The Morgan fingerprint density at radius 1 is 1.11 bits per heavy atom. The molecule has 0 aliphatic carbocycles. The molecule has 19 heavy (non-hydrogen) atoms. The van der Waals surface area contributed by atoms with E-state index in [0.29, 0.717) is 12.1 Å². The van der Waals surface area contributed by atoms with Gasteiger partial charge in [-0.3, -0.25) is 0 Å². The van der Waals surface area contributed by atoms with Crippen LogP contribution in [0.15, 0.2) is 0 Å². The van der Waals surface area contributed by atoms with Crippen LogP contribution in [-0.4, -0.2) is 62.2 Å². The smallest absolute Gasteiger partial charge is 0.0376 e. The van der Waals surface area contributed by atoms with Crippen molar-refractivity contribution in [3.63, 3.8) is 0 Å². The molecule has 1 rings (SSSR count). The maximum absolute atomic E-state index is 3.85. The highest BCUT2D eigenvalue weighted by Gasteiger charge is 2.31. The standard InChI is InChI=1S/C16H35N3/c1-6-10-17-16(14(7-2)8-3)15-13-18(4)11-9-12-19(15)5/h14-17H,6-13H2,1-5H3. The van der Waals surface area contributed by atoms with Crippen molar-refractivity contribution in [3.8, 4) is 0 Å². The summed E-state index contributed by atoms with van der Waals surface area (Å²) in [5.41, 5.74) is 0. The molecule has 0 aromatic carbocycles. The number of nitrogens with one attached hydrogen (secondary N) is 1. The first kappa shape index (κ1) is 16.9. The van der Waals surface area contributed by atoms with Crippen LogP contribution in [0.4, 0.5) is 0 Å². The lowest BCUT2D eigenvalue weighted by Gasteiger charge is -2.39. The van der Waals surface area contributed by atoms with Gasteiger partial charge in [0.15, 0.2) is 0 Å². The molecule has 1 aliphatic heterocycles. The van der Waals surface area contributed by atoms with E-state index in [1.54, 1.807) is 0 Å². The lowest BCUT2D eigenvalue weighted by atomic mass is 9.87. The van der Waals surface area contributed by atoms with Crippen molar-refractivity contribution in [1.82, 2.24) is 15.1 Å². The highest BCUT2D eigenvalue weighted by Crippen LogP contribution is 2.21. The largest absolute Gasteiger partial charge is 0.312 e. The van der Waals surface area contributed by atoms with Gasteiger partial charge in [-0.05, 0) is 52.5 Å². The SMILES string of the molecule is CCCNC(C(CC)CC)C1CN(C)CCCN1C. The Balaban J connectivity index is 2.79. The van der Waals surface area contributed by atoms with Crippen molar-refractivity contribution in [2.45, 2.75) is 58.5 Å². The first-order chi connectivity index (χ1) is 9.13. The molecular weight excluding hydrogens is 234 g/mol. The number of hydrogen-bond donors (Lipinski definition) is 1. The molecule has 2 unspecified atom stereocenters. The van der Waals surface area contributed by atoms with E-state index in [1.807, 2.05) is 0 Å². The summed E-state index contributed by atoms with van der Waals surface area (Å²) >= 11 is 0. The van der Waals surface area contributed by atoms with Crippen LogP contribution in [-0.2, 0) is 0 Å². The lowest BCUT2D eigenvalue weighted by Crippen LogP contribution is -2.55. The van der Waals surface area contributed by atoms with E-state index in [4.69, 9.17) is 0 Å². The van der Waals surface area contributed by atoms with Crippen LogP contribution in [0.2, 0.25) is 0 Å². The molecule has 1 heterocycles. The molecule has 1 N–H and O–H groups in total. The number of likely N-dealkylation sites (N-methyl/N-ethyl adjacent to an activating group) is 2. The molecule has 1 saturated heterocycles. The zero-order valence-electron chi connectivity index (χ0n) is 13.8. The molecule has 114 valence electrons. The summed E-state index contributed by atoms with van der Waals surface area (Å²) in [4.78, 5) is 5.10. The minimum absolute atomic E-state index is 0.639. The highest BCUT2D eigenvalue weighted by atomic mass is 15.2. The third kappa shape index (κ3) is 5.05. The minimum Gasteiger partial charge on any atom is -0.312 e.